The number of ether oxygens (including phenoxy) is 1. The highest BCUT2D eigenvalue weighted by molar-refractivity contribution is 6.31. The molecular weight excluding hydrogens is 476 g/mol. The summed E-state index contributed by atoms with van der Waals surface area (Å²) < 4.78 is 7.14. The van der Waals surface area contributed by atoms with Crippen LogP contribution in [0.1, 0.15) is 60.1 Å². The van der Waals surface area contributed by atoms with E-state index in [1.54, 1.807) is 29.1 Å². The molecule has 0 radical (unpaired) electrons. The zero-order chi connectivity index (χ0) is 24.9. The van der Waals surface area contributed by atoms with Crippen molar-refractivity contribution < 1.29 is 14.4 Å². The average molecular weight is 505 g/mol. The summed E-state index contributed by atoms with van der Waals surface area (Å²) in [4.78, 5) is 18.9. The van der Waals surface area contributed by atoms with Gasteiger partial charge < -0.3 is 15.3 Å². The van der Waals surface area contributed by atoms with Crippen LogP contribution in [0.4, 0.5) is 0 Å². The molecular formula is C28H29ClN4O3. The Labute approximate surface area is 215 Å². The number of oxime groups is 1. The zero-order valence-electron chi connectivity index (χ0n) is 20.2. The van der Waals surface area contributed by atoms with Gasteiger partial charge in [0.2, 0.25) is 0 Å². The molecule has 7 nitrogen and oxygen atoms in total. The van der Waals surface area contributed by atoms with E-state index in [2.05, 4.69) is 5.16 Å². The molecule has 0 unspecified atom stereocenters. The Balaban J connectivity index is 1.36. The predicted molar refractivity (Wildman–Crippen MR) is 138 cm³/mol. The summed E-state index contributed by atoms with van der Waals surface area (Å²) in [5, 5.41) is 9.45. The zero-order valence-corrected chi connectivity index (χ0v) is 20.9. The van der Waals surface area contributed by atoms with Crippen LogP contribution < -0.4 is 10.5 Å². The summed E-state index contributed by atoms with van der Waals surface area (Å²) in [6.07, 6.45) is 8.93. The lowest BCUT2D eigenvalue weighted by atomic mass is 9.48. The molecule has 8 heteroatoms. The number of nitrogens with zero attached hydrogens (tertiary/aromatic N) is 3. The Morgan fingerprint density at radius 1 is 1.06 bits per heavy atom. The first kappa shape index (κ1) is 23.1. The number of halogens is 1. The highest BCUT2D eigenvalue weighted by Gasteiger charge is 2.54. The van der Waals surface area contributed by atoms with Gasteiger partial charge in [-0.2, -0.15) is 5.10 Å². The number of aromatic nitrogens is 2. The van der Waals surface area contributed by atoms with E-state index in [4.69, 9.17) is 32.0 Å². The molecule has 4 fully saturated rings. The monoisotopic (exact) mass is 504 g/mol. The van der Waals surface area contributed by atoms with Gasteiger partial charge in [0.1, 0.15) is 11.3 Å². The molecule has 4 bridgehead atoms. The second-order valence-corrected chi connectivity index (χ2v) is 11.0. The Hall–Kier alpha value is -3.32. The van der Waals surface area contributed by atoms with Crippen molar-refractivity contribution in [3.63, 3.8) is 0 Å². The summed E-state index contributed by atoms with van der Waals surface area (Å²) in [5.74, 6) is 2.08. The number of rotatable bonds is 6. The van der Waals surface area contributed by atoms with Crippen LogP contribution in [0.25, 0.3) is 5.69 Å². The minimum Gasteiger partial charge on any atom is -0.496 e. The van der Waals surface area contributed by atoms with Crippen LogP contribution in [-0.2, 0) is 10.3 Å². The maximum absolute atomic E-state index is 13.5. The van der Waals surface area contributed by atoms with Crippen molar-refractivity contribution in [1.29, 1.82) is 0 Å². The Bertz CT molecular complexity index is 1300. The molecule has 0 aliphatic heterocycles. The molecule has 0 spiro atoms. The van der Waals surface area contributed by atoms with Gasteiger partial charge in [0.05, 0.1) is 24.1 Å². The third kappa shape index (κ3) is 4.05. The van der Waals surface area contributed by atoms with Crippen molar-refractivity contribution in [3.05, 3.63) is 76.6 Å². The first-order chi connectivity index (χ1) is 17.4. The number of para-hydroxylation sites is 1. The number of carbonyl (C=O) groups is 1. The third-order valence-corrected chi connectivity index (χ3v) is 8.39. The van der Waals surface area contributed by atoms with Gasteiger partial charge in [-0.25, -0.2) is 9.48 Å². The van der Waals surface area contributed by atoms with E-state index in [9.17, 15) is 4.79 Å². The molecule has 0 saturated heterocycles. The minimum absolute atomic E-state index is 0.00880. The number of carbonyl (C=O) groups excluding carboxylic acids is 1. The number of amidine groups is 1. The Kier molecular flexibility index (Phi) is 5.75. The normalized spacial score (nSPS) is 26.7. The second-order valence-electron chi connectivity index (χ2n) is 10.6. The average Bonchev–Trinajstić information content (AvgIpc) is 3.34. The fourth-order valence-electron chi connectivity index (χ4n) is 7.10. The van der Waals surface area contributed by atoms with Gasteiger partial charge in [0.15, 0.2) is 5.84 Å². The number of hydrogen-bond donors (Lipinski definition) is 1. The van der Waals surface area contributed by atoms with Crippen molar-refractivity contribution in [2.45, 2.75) is 43.9 Å². The molecule has 4 saturated carbocycles. The lowest BCUT2D eigenvalue weighted by molar-refractivity contribution is -0.00818. The van der Waals surface area contributed by atoms with Crippen LogP contribution in [0.3, 0.4) is 0 Å². The third-order valence-electron chi connectivity index (χ3n) is 8.16. The molecule has 4 aliphatic rings. The lowest BCUT2D eigenvalue weighted by Crippen LogP contribution is -2.49. The first-order valence-corrected chi connectivity index (χ1v) is 12.9. The lowest BCUT2D eigenvalue weighted by Gasteiger charge is -2.56. The number of methoxy groups -OCH3 is 1. The van der Waals surface area contributed by atoms with Gasteiger partial charge in [-0.1, -0.05) is 35.0 Å². The number of hydrogen-bond acceptors (Lipinski definition) is 5. The molecule has 0 atom stereocenters. The van der Waals surface area contributed by atoms with Crippen molar-refractivity contribution in [2.24, 2.45) is 28.6 Å². The van der Waals surface area contributed by atoms with Gasteiger partial charge in [-0.15, -0.1) is 0 Å². The van der Waals surface area contributed by atoms with Crippen molar-refractivity contribution in [3.8, 4) is 11.4 Å². The predicted octanol–water partition coefficient (Wildman–Crippen LogP) is 5.48. The van der Waals surface area contributed by atoms with Gasteiger partial charge in [-0.3, -0.25) is 0 Å². The van der Waals surface area contributed by atoms with Crippen LogP contribution in [0.2, 0.25) is 5.02 Å². The van der Waals surface area contributed by atoms with E-state index >= 15 is 0 Å². The fraction of sp³-hybridized carbons (Fsp3) is 0.393. The van der Waals surface area contributed by atoms with Crippen LogP contribution in [0, 0.1) is 17.8 Å². The van der Waals surface area contributed by atoms with Gasteiger partial charge in [0, 0.05) is 16.6 Å². The smallest absolute Gasteiger partial charge is 0.369 e. The van der Waals surface area contributed by atoms with E-state index < -0.39 is 5.97 Å². The van der Waals surface area contributed by atoms with E-state index in [0.717, 1.165) is 30.6 Å². The van der Waals surface area contributed by atoms with Gasteiger partial charge in [-0.05, 0) is 86.6 Å². The van der Waals surface area contributed by atoms with E-state index in [0.29, 0.717) is 39.7 Å². The molecule has 0 amide bonds. The number of nitrogens with two attached hydrogens (primary N) is 1. The summed E-state index contributed by atoms with van der Waals surface area (Å²) in [7, 11) is 1.53. The fourth-order valence-corrected chi connectivity index (χ4v) is 7.27. The SMILES string of the molecule is COc1ccc(Cl)cc1/C(N)=N/OC(=O)c1cn(-c2ccccc2)nc1C12CC3CC(CC(C3)C1)C2. The summed E-state index contributed by atoms with van der Waals surface area (Å²) in [6.45, 7) is 0. The molecule has 1 heterocycles. The molecule has 7 rings (SSSR count). The maximum atomic E-state index is 13.5. The standard InChI is InChI=1S/C28H29ClN4O3/c1-35-24-8-7-20(29)12-22(24)26(30)32-36-27(34)23-16-33(21-5-3-2-4-6-21)31-25(23)28-13-17-9-18(14-28)11-19(10-17)15-28/h2-8,12,16-19H,9-11,13-15H2,1H3,(H2,30,32). The van der Waals surface area contributed by atoms with Crippen LogP contribution in [-0.4, -0.2) is 28.7 Å². The largest absolute Gasteiger partial charge is 0.496 e. The summed E-state index contributed by atoms with van der Waals surface area (Å²) >= 11 is 6.12. The molecule has 36 heavy (non-hydrogen) atoms. The summed E-state index contributed by atoms with van der Waals surface area (Å²) in [5.41, 5.74) is 8.72. The Morgan fingerprint density at radius 2 is 1.72 bits per heavy atom. The second kappa shape index (κ2) is 8.96. The van der Waals surface area contributed by atoms with Crippen LogP contribution >= 0.6 is 11.6 Å². The maximum Gasteiger partial charge on any atom is 0.369 e. The van der Waals surface area contributed by atoms with Crippen molar-refractivity contribution >= 4 is 23.4 Å². The molecule has 186 valence electrons. The van der Waals surface area contributed by atoms with Gasteiger partial charge >= 0.3 is 5.97 Å². The quantitative estimate of drug-likeness (QED) is 0.208. The molecule has 2 N–H and O–H groups in total. The van der Waals surface area contributed by atoms with Gasteiger partial charge in [0.25, 0.3) is 0 Å². The van der Waals surface area contributed by atoms with Crippen molar-refractivity contribution in [2.75, 3.05) is 7.11 Å². The van der Waals surface area contributed by atoms with E-state index in [-0.39, 0.29) is 11.3 Å². The van der Waals surface area contributed by atoms with Crippen molar-refractivity contribution in [1.82, 2.24) is 9.78 Å². The molecule has 3 aromatic rings. The van der Waals surface area contributed by atoms with Crippen LogP contribution in [0.15, 0.2) is 59.9 Å². The van der Waals surface area contributed by atoms with E-state index in [1.807, 2.05) is 30.3 Å². The highest BCUT2D eigenvalue weighted by atomic mass is 35.5. The molecule has 1 aromatic heterocycles. The minimum atomic E-state index is -0.563. The van der Waals surface area contributed by atoms with Crippen LogP contribution in [0.5, 0.6) is 5.75 Å². The topological polar surface area (TPSA) is 91.7 Å². The Morgan fingerprint density at radius 3 is 2.36 bits per heavy atom. The van der Waals surface area contributed by atoms with E-state index in [1.165, 1.54) is 26.4 Å². The first-order valence-electron chi connectivity index (χ1n) is 12.5. The summed E-state index contributed by atoms with van der Waals surface area (Å²) in [6, 6.07) is 14.9. The molecule has 4 aliphatic carbocycles. The number of benzene rings is 2. The molecule has 2 aromatic carbocycles. The highest BCUT2D eigenvalue weighted by Crippen LogP contribution is 2.61.